The minimum atomic E-state index is -0.944. The molecule has 1 aromatic rings. The second-order valence-corrected chi connectivity index (χ2v) is 4.56. The van der Waals surface area contributed by atoms with Crippen LogP contribution >= 0.6 is 0 Å². The number of aliphatic hydroxyl groups is 1. The fraction of sp³-hybridized carbons (Fsp3) is 0.538. The van der Waals surface area contributed by atoms with Crippen molar-refractivity contribution in [2.24, 2.45) is 0 Å². The van der Waals surface area contributed by atoms with Crippen LogP contribution < -0.4 is 10.1 Å². The third kappa shape index (κ3) is 3.70. The molecule has 1 fully saturated rings. The first-order chi connectivity index (χ1) is 8.18. The van der Waals surface area contributed by atoms with Gasteiger partial charge in [0.1, 0.15) is 18.0 Å². The van der Waals surface area contributed by atoms with Gasteiger partial charge in [0.15, 0.2) is 0 Å². The van der Waals surface area contributed by atoms with E-state index in [4.69, 9.17) is 9.47 Å². The Labute approximate surface area is 102 Å². The first kappa shape index (κ1) is 12.4. The molecule has 0 aliphatic carbocycles. The first-order valence-corrected chi connectivity index (χ1v) is 5.88. The minimum absolute atomic E-state index is 0.240. The summed E-state index contributed by atoms with van der Waals surface area (Å²) in [4.78, 5) is 0. The van der Waals surface area contributed by atoms with E-state index < -0.39 is 5.60 Å². The zero-order chi connectivity index (χ0) is 12.1. The van der Waals surface area contributed by atoms with E-state index >= 15 is 0 Å². The SMILES string of the molecule is Cc1cccc(OC[C@]2(O)CNCCOC2)c1. The topological polar surface area (TPSA) is 50.7 Å². The van der Waals surface area contributed by atoms with Gasteiger partial charge in [-0.25, -0.2) is 0 Å². The molecular weight excluding hydrogens is 218 g/mol. The summed E-state index contributed by atoms with van der Waals surface area (Å²) in [6, 6.07) is 7.80. The molecule has 4 nitrogen and oxygen atoms in total. The minimum Gasteiger partial charge on any atom is -0.490 e. The van der Waals surface area contributed by atoms with Gasteiger partial charge in [0.05, 0.1) is 13.2 Å². The van der Waals surface area contributed by atoms with E-state index in [-0.39, 0.29) is 6.61 Å². The molecule has 1 aromatic carbocycles. The first-order valence-electron chi connectivity index (χ1n) is 5.88. The summed E-state index contributed by atoms with van der Waals surface area (Å²) >= 11 is 0. The van der Waals surface area contributed by atoms with Crippen molar-refractivity contribution in [2.45, 2.75) is 12.5 Å². The Balaban J connectivity index is 1.92. The summed E-state index contributed by atoms with van der Waals surface area (Å²) in [5.74, 6) is 0.780. The van der Waals surface area contributed by atoms with E-state index in [0.29, 0.717) is 19.8 Å². The molecule has 1 atom stereocenters. The molecule has 0 aromatic heterocycles. The van der Waals surface area contributed by atoms with Crippen molar-refractivity contribution < 1.29 is 14.6 Å². The van der Waals surface area contributed by atoms with Crippen LogP contribution in [0, 0.1) is 6.92 Å². The molecule has 2 N–H and O–H groups in total. The van der Waals surface area contributed by atoms with Crippen LogP contribution in [-0.4, -0.2) is 43.6 Å². The number of nitrogens with one attached hydrogen (secondary N) is 1. The van der Waals surface area contributed by atoms with Crippen LogP contribution in [0.5, 0.6) is 5.75 Å². The Morgan fingerprint density at radius 3 is 3.24 bits per heavy atom. The van der Waals surface area contributed by atoms with Crippen molar-refractivity contribution in [3.05, 3.63) is 29.8 Å². The number of rotatable bonds is 3. The smallest absolute Gasteiger partial charge is 0.134 e. The van der Waals surface area contributed by atoms with Gasteiger partial charge >= 0.3 is 0 Å². The molecule has 0 bridgehead atoms. The molecule has 94 valence electrons. The average molecular weight is 237 g/mol. The zero-order valence-corrected chi connectivity index (χ0v) is 10.1. The highest BCUT2D eigenvalue weighted by atomic mass is 16.5. The predicted octanol–water partition coefficient (Wildman–Crippen LogP) is 0.725. The van der Waals surface area contributed by atoms with Crippen molar-refractivity contribution in [2.75, 3.05) is 32.9 Å². The summed E-state index contributed by atoms with van der Waals surface area (Å²) < 4.78 is 10.9. The van der Waals surface area contributed by atoms with Crippen molar-refractivity contribution in [3.63, 3.8) is 0 Å². The van der Waals surface area contributed by atoms with Gasteiger partial charge in [-0.15, -0.1) is 0 Å². The second-order valence-electron chi connectivity index (χ2n) is 4.56. The van der Waals surface area contributed by atoms with E-state index in [1.54, 1.807) is 0 Å². The van der Waals surface area contributed by atoms with Crippen LogP contribution in [0.3, 0.4) is 0 Å². The van der Waals surface area contributed by atoms with Gasteiger partial charge in [-0.3, -0.25) is 0 Å². The molecule has 4 heteroatoms. The number of β-amino-alcohol motifs (C(OH)–C–C–N with tert-alkyl or cyclic N) is 1. The molecule has 0 spiro atoms. The molecule has 0 amide bonds. The maximum Gasteiger partial charge on any atom is 0.134 e. The highest BCUT2D eigenvalue weighted by molar-refractivity contribution is 5.27. The summed E-state index contributed by atoms with van der Waals surface area (Å²) in [7, 11) is 0. The molecule has 0 unspecified atom stereocenters. The standard InChI is InChI=1S/C13H19NO3/c1-11-3-2-4-12(7-11)17-10-13(15)8-14-5-6-16-9-13/h2-4,7,14-15H,5-6,8-10H2,1H3/t13-/m0/s1. The van der Waals surface area contributed by atoms with Crippen molar-refractivity contribution in [1.82, 2.24) is 5.32 Å². The molecule has 1 aliphatic rings. The van der Waals surface area contributed by atoms with E-state index in [0.717, 1.165) is 17.9 Å². The average Bonchev–Trinajstić information content (AvgIpc) is 2.53. The van der Waals surface area contributed by atoms with Crippen molar-refractivity contribution >= 4 is 0 Å². The van der Waals surface area contributed by atoms with Gasteiger partial charge in [0, 0.05) is 13.1 Å². The van der Waals surface area contributed by atoms with E-state index in [9.17, 15) is 5.11 Å². The predicted molar refractivity (Wildman–Crippen MR) is 65.3 cm³/mol. The Kier molecular flexibility index (Phi) is 3.99. The third-order valence-corrected chi connectivity index (χ3v) is 2.75. The Morgan fingerprint density at radius 2 is 2.41 bits per heavy atom. The van der Waals surface area contributed by atoms with Crippen molar-refractivity contribution in [3.8, 4) is 5.75 Å². The van der Waals surface area contributed by atoms with Crippen LogP contribution in [0.25, 0.3) is 0 Å². The van der Waals surface area contributed by atoms with Gasteiger partial charge in [-0.05, 0) is 24.6 Å². The lowest BCUT2D eigenvalue weighted by Gasteiger charge is -2.25. The van der Waals surface area contributed by atoms with E-state index in [1.807, 2.05) is 31.2 Å². The summed E-state index contributed by atoms with van der Waals surface area (Å²) in [6.07, 6.45) is 0. The van der Waals surface area contributed by atoms with Crippen LogP contribution in [-0.2, 0) is 4.74 Å². The molecule has 0 radical (unpaired) electrons. The van der Waals surface area contributed by atoms with Crippen LogP contribution in [0.2, 0.25) is 0 Å². The Bertz CT molecular complexity index is 359. The van der Waals surface area contributed by atoms with Gasteiger partial charge in [0.2, 0.25) is 0 Å². The van der Waals surface area contributed by atoms with Gasteiger partial charge < -0.3 is 19.9 Å². The van der Waals surface area contributed by atoms with Gasteiger partial charge in [-0.2, -0.15) is 0 Å². The molecule has 1 saturated heterocycles. The molecule has 1 heterocycles. The summed E-state index contributed by atoms with van der Waals surface area (Å²) in [5.41, 5.74) is 0.199. The number of ether oxygens (including phenoxy) is 2. The highest BCUT2D eigenvalue weighted by Crippen LogP contribution is 2.15. The quantitative estimate of drug-likeness (QED) is 0.813. The largest absolute Gasteiger partial charge is 0.490 e. The fourth-order valence-electron chi connectivity index (χ4n) is 1.79. The van der Waals surface area contributed by atoms with Gasteiger partial charge in [-0.1, -0.05) is 12.1 Å². The lowest BCUT2D eigenvalue weighted by molar-refractivity contribution is -0.0552. The number of aryl methyl sites for hydroxylation is 1. The lowest BCUT2D eigenvalue weighted by atomic mass is 10.1. The maximum atomic E-state index is 10.3. The number of benzene rings is 1. The number of hydrogen-bond donors (Lipinski definition) is 2. The molecule has 2 rings (SSSR count). The van der Waals surface area contributed by atoms with E-state index in [2.05, 4.69) is 5.32 Å². The highest BCUT2D eigenvalue weighted by Gasteiger charge is 2.29. The zero-order valence-electron chi connectivity index (χ0n) is 10.1. The van der Waals surface area contributed by atoms with Crippen LogP contribution in [0.1, 0.15) is 5.56 Å². The monoisotopic (exact) mass is 237 g/mol. The summed E-state index contributed by atoms with van der Waals surface area (Å²) in [6.45, 7) is 4.46. The Morgan fingerprint density at radius 1 is 1.53 bits per heavy atom. The summed E-state index contributed by atoms with van der Waals surface area (Å²) in [5, 5.41) is 13.4. The van der Waals surface area contributed by atoms with E-state index in [1.165, 1.54) is 0 Å². The molecular formula is C13H19NO3. The van der Waals surface area contributed by atoms with Crippen molar-refractivity contribution in [1.29, 1.82) is 0 Å². The Hall–Kier alpha value is -1.10. The van der Waals surface area contributed by atoms with Crippen LogP contribution in [0.4, 0.5) is 0 Å². The van der Waals surface area contributed by atoms with Crippen LogP contribution in [0.15, 0.2) is 24.3 Å². The normalized spacial score (nSPS) is 25.3. The maximum absolute atomic E-state index is 10.3. The molecule has 17 heavy (non-hydrogen) atoms. The molecule has 1 aliphatic heterocycles. The lowest BCUT2D eigenvalue weighted by Crippen LogP contribution is -2.47. The molecule has 0 saturated carbocycles. The second kappa shape index (κ2) is 5.49. The number of hydrogen-bond acceptors (Lipinski definition) is 4. The van der Waals surface area contributed by atoms with Gasteiger partial charge in [0.25, 0.3) is 0 Å². The fourth-order valence-corrected chi connectivity index (χ4v) is 1.79. The third-order valence-electron chi connectivity index (χ3n) is 2.75.